The third-order valence-electron chi connectivity index (χ3n) is 4.06. The second-order valence-electron chi connectivity index (χ2n) is 6.15. The summed E-state index contributed by atoms with van der Waals surface area (Å²) in [5.41, 5.74) is 5.66. The summed E-state index contributed by atoms with van der Waals surface area (Å²) < 4.78 is 5.48. The Labute approximate surface area is 121 Å². The molecule has 2 aliphatic heterocycles. The number of nitrogens with zero attached hydrogens (tertiary/aromatic N) is 1. The lowest BCUT2D eigenvalue weighted by atomic mass is 9.95. The van der Waals surface area contributed by atoms with E-state index in [0.717, 1.165) is 45.7 Å². The third-order valence-corrected chi connectivity index (χ3v) is 4.06. The molecule has 0 saturated carbocycles. The molecule has 4 heteroatoms. The van der Waals surface area contributed by atoms with E-state index in [9.17, 15) is 0 Å². The highest BCUT2D eigenvalue weighted by molar-refractivity contribution is 5.58. The van der Waals surface area contributed by atoms with Crippen LogP contribution in [0.1, 0.15) is 23.1 Å². The van der Waals surface area contributed by atoms with E-state index in [2.05, 4.69) is 41.8 Å². The first-order valence-electron chi connectivity index (χ1n) is 7.57. The molecule has 110 valence electrons. The zero-order valence-electron chi connectivity index (χ0n) is 12.5. The molecule has 20 heavy (non-hydrogen) atoms. The molecule has 0 aromatic heterocycles. The molecule has 4 nitrogen and oxygen atoms in total. The van der Waals surface area contributed by atoms with Crippen molar-refractivity contribution in [2.24, 2.45) is 0 Å². The zero-order chi connectivity index (χ0) is 13.9. The first-order chi connectivity index (χ1) is 9.72. The normalized spacial score (nSPS) is 22.1. The highest BCUT2D eigenvalue weighted by Gasteiger charge is 2.20. The quantitative estimate of drug-likeness (QED) is 0.875. The van der Waals surface area contributed by atoms with Gasteiger partial charge in [0.25, 0.3) is 0 Å². The largest absolute Gasteiger partial charge is 0.380 e. The summed E-state index contributed by atoms with van der Waals surface area (Å²) in [5.74, 6) is 0. The summed E-state index contributed by atoms with van der Waals surface area (Å²) in [6, 6.07) is 5.17. The second-order valence-corrected chi connectivity index (χ2v) is 6.15. The monoisotopic (exact) mass is 275 g/mol. The van der Waals surface area contributed by atoms with Gasteiger partial charge in [-0.1, -0.05) is 6.07 Å². The van der Waals surface area contributed by atoms with Gasteiger partial charge in [-0.2, -0.15) is 0 Å². The molecule has 1 atom stereocenters. The lowest BCUT2D eigenvalue weighted by Gasteiger charge is -2.25. The molecule has 2 aliphatic rings. The van der Waals surface area contributed by atoms with Gasteiger partial charge in [0.2, 0.25) is 0 Å². The number of benzene rings is 1. The molecule has 3 rings (SSSR count). The lowest BCUT2D eigenvalue weighted by Crippen LogP contribution is -2.27. The van der Waals surface area contributed by atoms with Crippen molar-refractivity contribution in [2.45, 2.75) is 32.0 Å². The van der Waals surface area contributed by atoms with Crippen molar-refractivity contribution < 1.29 is 4.74 Å². The van der Waals surface area contributed by atoms with Crippen molar-refractivity contribution in [1.29, 1.82) is 0 Å². The molecule has 1 saturated heterocycles. The summed E-state index contributed by atoms with van der Waals surface area (Å²) >= 11 is 0. The van der Waals surface area contributed by atoms with E-state index in [-0.39, 0.29) is 0 Å². The van der Waals surface area contributed by atoms with Crippen LogP contribution in [0.25, 0.3) is 0 Å². The Morgan fingerprint density at radius 3 is 3.05 bits per heavy atom. The molecule has 1 aromatic rings. The van der Waals surface area contributed by atoms with Gasteiger partial charge in [0.1, 0.15) is 0 Å². The number of hydrogen-bond donors (Lipinski definition) is 2. The summed E-state index contributed by atoms with van der Waals surface area (Å²) in [6.07, 6.45) is 2.24. The molecule has 0 amide bonds. The Bertz CT molecular complexity index is 467. The molecule has 0 aliphatic carbocycles. The average Bonchev–Trinajstić information content (AvgIpc) is 2.91. The SMILES string of the molecule is CN(C)Cc1cc2c(c(NC3CCOC3)c1)CNCC2. The van der Waals surface area contributed by atoms with Crippen molar-refractivity contribution >= 4 is 5.69 Å². The predicted molar refractivity (Wildman–Crippen MR) is 82.1 cm³/mol. The minimum atomic E-state index is 0.468. The van der Waals surface area contributed by atoms with Crippen LogP contribution in [0.4, 0.5) is 5.69 Å². The molecule has 1 unspecified atom stereocenters. The average molecular weight is 275 g/mol. The summed E-state index contributed by atoms with van der Waals surface area (Å²) in [6.45, 7) is 4.78. The summed E-state index contributed by atoms with van der Waals surface area (Å²) in [7, 11) is 4.25. The van der Waals surface area contributed by atoms with Gasteiger partial charge in [-0.3, -0.25) is 0 Å². The number of hydrogen-bond acceptors (Lipinski definition) is 4. The fourth-order valence-corrected chi connectivity index (χ4v) is 3.12. The topological polar surface area (TPSA) is 36.5 Å². The van der Waals surface area contributed by atoms with Crippen LogP contribution in [-0.4, -0.2) is 44.8 Å². The molecular weight excluding hydrogens is 250 g/mol. The van der Waals surface area contributed by atoms with Crippen molar-refractivity contribution in [3.05, 3.63) is 28.8 Å². The zero-order valence-corrected chi connectivity index (χ0v) is 12.5. The first-order valence-corrected chi connectivity index (χ1v) is 7.57. The highest BCUT2D eigenvalue weighted by Crippen LogP contribution is 2.27. The van der Waals surface area contributed by atoms with E-state index in [1.165, 1.54) is 22.4 Å². The number of nitrogens with one attached hydrogen (secondary N) is 2. The van der Waals surface area contributed by atoms with Gasteiger partial charge in [-0.05, 0) is 56.2 Å². The highest BCUT2D eigenvalue weighted by atomic mass is 16.5. The van der Waals surface area contributed by atoms with Crippen molar-refractivity contribution in [3.63, 3.8) is 0 Å². The van der Waals surface area contributed by atoms with Gasteiger partial charge in [-0.25, -0.2) is 0 Å². The van der Waals surface area contributed by atoms with E-state index in [1.807, 2.05) is 0 Å². The summed E-state index contributed by atoms with van der Waals surface area (Å²) in [5, 5.41) is 7.18. The molecule has 2 N–H and O–H groups in total. The second kappa shape index (κ2) is 6.12. The Hall–Kier alpha value is -1.10. The maximum Gasteiger partial charge on any atom is 0.0668 e. The van der Waals surface area contributed by atoms with Gasteiger partial charge in [0.15, 0.2) is 0 Å². The van der Waals surface area contributed by atoms with Crippen LogP contribution in [0.2, 0.25) is 0 Å². The van der Waals surface area contributed by atoms with Gasteiger partial charge in [0, 0.05) is 25.4 Å². The van der Waals surface area contributed by atoms with Gasteiger partial charge in [-0.15, -0.1) is 0 Å². The van der Waals surface area contributed by atoms with Crippen LogP contribution in [0, 0.1) is 0 Å². The smallest absolute Gasteiger partial charge is 0.0668 e. The Morgan fingerprint density at radius 1 is 1.40 bits per heavy atom. The van der Waals surface area contributed by atoms with Crippen molar-refractivity contribution in [2.75, 3.05) is 39.2 Å². The Balaban J connectivity index is 1.87. The van der Waals surface area contributed by atoms with E-state index >= 15 is 0 Å². The minimum absolute atomic E-state index is 0.468. The Kier molecular flexibility index (Phi) is 4.24. The van der Waals surface area contributed by atoms with Gasteiger partial charge in [0.05, 0.1) is 12.6 Å². The first kappa shape index (κ1) is 13.9. The number of rotatable bonds is 4. The predicted octanol–water partition coefficient (Wildman–Crippen LogP) is 1.59. The van der Waals surface area contributed by atoms with E-state index in [4.69, 9.17) is 4.74 Å². The van der Waals surface area contributed by atoms with Crippen LogP contribution in [-0.2, 0) is 24.2 Å². The van der Waals surface area contributed by atoms with Crippen molar-refractivity contribution in [3.8, 4) is 0 Å². The molecule has 0 bridgehead atoms. The fraction of sp³-hybridized carbons (Fsp3) is 0.625. The molecule has 0 spiro atoms. The number of ether oxygens (including phenoxy) is 1. The van der Waals surface area contributed by atoms with E-state index in [0.29, 0.717) is 6.04 Å². The number of anilines is 1. The fourth-order valence-electron chi connectivity index (χ4n) is 3.12. The van der Waals surface area contributed by atoms with E-state index in [1.54, 1.807) is 0 Å². The molecular formula is C16H25N3O. The number of fused-ring (bicyclic) bond motifs is 1. The molecule has 1 fully saturated rings. The van der Waals surface area contributed by atoms with Crippen LogP contribution in [0.3, 0.4) is 0 Å². The van der Waals surface area contributed by atoms with Crippen LogP contribution >= 0.6 is 0 Å². The van der Waals surface area contributed by atoms with Crippen LogP contribution in [0.15, 0.2) is 12.1 Å². The van der Waals surface area contributed by atoms with Crippen LogP contribution in [0.5, 0.6) is 0 Å². The molecule has 1 aromatic carbocycles. The maximum atomic E-state index is 5.48. The lowest BCUT2D eigenvalue weighted by molar-refractivity contribution is 0.195. The summed E-state index contributed by atoms with van der Waals surface area (Å²) in [4.78, 5) is 2.23. The third kappa shape index (κ3) is 3.14. The van der Waals surface area contributed by atoms with Gasteiger partial charge < -0.3 is 20.3 Å². The molecule has 2 heterocycles. The van der Waals surface area contributed by atoms with Crippen LogP contribution < -0.4 is 10.6 Å². The van der Waals surface area contributed by atoms with Gasteiger partial charge >= 0.3 is 0 Å². The van der Waals surface area contributed by atoms with Crippen molar-refractivity contribution in [1.82, 2.24) is 10.2 Å². The standard InChI is InChI=1S/C16H25N3O/c1-19(2)10-12-7-13-3-5-17-9-15(13)16(8-12)18-14-4-6-20-11-14/h7-8,14,17-18H,3-6,9-11H2,1-2H3. The Morgan fingerprint density at radius 2 is 2.30 bits per heavy atom. The minimum Gasteiger partial charge on any atom is -0.380 e. The maximum absolute atomic E-state index is 5.48. The molecule has 0 radical (unpaired) electrons. The van der Waals surface area contributed by atoms with E-state index < -0.39 is 0 Å².